The van der Waals surface area contributed by atoms with Crippen molar-refractivity contribution in [2.24, 2.45) is 0 Å². The molecule has 1 saturated heterocycles. The van der Waals surface area contributed by atoms with Crippen LogP contribution in [0.4, 0.5) is 4.79 Å². The normalized spacial score (nSPS) is 25.6. The maximum absolute atomic E-state index is 12.0. The van der Waals surface area contributed by atoms with Crippen LogP contribution in [-0.4, -0.2) is 65.4 Å². The maximum atomic E-state index is 12.0. The van der Waals surface area contributed by atoms with Gasteiger partial charge in [0.25, 0.3) is 0 Å². The van der Waals surface area contributed by atoms with Crippen LogP contribution in [0.25, 0.3) is 0 Å². The van der Waals surface area contributed by atoms with Gasteiger partial charge in [0.2, 0.25) is 0 Å². The molecule has 1 unspecified atom stereocenters. The molecule has 0 aromatic heterocycles. The van der Waals surface area contributed by atoms with Crippen molar-refractivity contribution in [2.75, 3.05) is 32.6 Å². The molecule has 2 fully saturated rings. The summed E-state index contributed by atoms with van der Waals surface area (Å²) in [4.78, 5) is 24.4. The number of amides is 2. The monoisotopic (exact) mass is 274 g/mol. The van der Waals surface area contributed by atoms with Crippen LogP contribution in [0, 0.1) is 0 Å². The molecule has 0 aromatic rings. The predicted octanol–water partition coefficient (Wildman–Crippen LogP) is 0.377. The van der Waals surface area contributed by atoms with E-state index >= 15 is 0 Å². The van der Waals surface area contributed by atoms with E-state index in [1.165, 1.54) is 4.90 Å². The molecule has 0 spiro atoms. The Morgan fingerprint density at radius 1 is 1.56 bits per heavy atom. The average Bonchev–Trinajstić information content (AvgIpc) is 3.16. The van der Waals surface area contributed by atoms with Gasteiger partial charge in [0.05, 0.1) is 13.2 Å². The first kappa shape index (κ1) is 13.5. The van der Waals surface area contributed by atoms with Gasteiger partial charge in [-0.25, -0.2) is 9.59 Å². The van der Waals surface area contributed by atoms with E-state index in [0.717, 1.165) is 12.8 Å². The van der Waals surface area contributed by atoms with Crippen LogP contribution in [-0.2, 0) is 9.53 Å². The Kier molecular flexibility index (Phi) is 4.01. The molecule has 1 aliphatic carbocycles. The summed E-state index contributed by atoms with van der Waals surface area (Å²) in [5.74, 6) is -1.02. The molecule has 7 heteroatoms. The summed E-state index contributed by atoms with van der Waals surface area (Å²) in [6, 6.07) is -1.17. The molecule has 0 radical (unpaired) electrons. The van der Waals surface area contributed by atoms with Gasteiger partial charge in [-0.05, 0) is 19.1 Å². The molecule has 2 N–H and O–H groups in total. The van der Waals surface area contributed by atoms with Gasteiger partial charge in [0.1, 0.15) is 0 Å². The van der Waals surface area contributed by atoms with Crippen molar-refractivity contribution in [2.45, 2.75) is 23.6 Å². The van der Waals surface area contributed by atoms with Crippen LogP contribution in [0.3, 0.4) is 0 Å². The van der Waals surface area contributed by atoms with Gasteiger partial charge >= 0.3 is 12.0 Å². The molecule has 18 heavy (non-hydrogen) atoms. The zero-order valence-corrected chi connectivity index (χ0v) is 11.2. The quantitative estimate of drug-likeness (QED) is 0.774. The van der Waals surface area contributed by atoms with Gasteiger partial charge in [-0.15, -0.1) is 0 Å². The second-order valence-corrected chi connectivity index (χ2v) is 5.94. The highest BCUT2D eigenvalue weighted by molar-refractivity contribution is 8.00. The molecule has 6 nitrogen and oxygen atoms in total. The molecule has 2 amide bonds. The van der Waals surface area contributed by atoms with Gasteiger partial charge in [-0.3, -0.25) is 0 Å². The van der Waals surface area contributed by atoms with E-state index in [1.807, 2.05) is 6.26 Å². The minimum atomic E-state index is -1.02. The first-order valence-electron chi connectivity index (χ1n) is 5.98. The van der Waals surface area contributed by atoms with Crippen molar-refractivity contribution in [3.63, 3.8) is 0 Å². The van der Waals surface area contributed by atoms with Crippen LogP contribution in [0.2, 0.25) is 0 Å². The number of carbonyl (C=O) groups is 2. The number of hydrogen-bond acceptors (Lipinski definition) is 4. The number of thioether (sulfide) groups is 1. The lowest BCUT2D eigenvalue weighted by molar-refractivity contribution is -0.147. The van der Waals surface area contributed by atoms with E-state index in [1.54, 1.807) is 11.8 Å². The SMILES string of the molecule is CSC1(CNC(=O)N2CCOCC2C(=O)O)CC1. The molecule has 1 saturated carbocycles. The van der Waals surface area contributed by atoms with E-state index in [4.69, 9.17) is 9.84 Å². The zero-order chi connectivity index (χ0) is 13.2. The lowest BCUT2D eigenvalue weighted by Gasteiger charge is -2.33. The summed E-state index contributed by atoms with van der Waals surface area (Å²) in [6.07, 6.45) is 4.26. The molecule has 2 rings (SSSR count). The second-order valence-electron chi connectivity index (χ2n) is 4.67. The molecule has 1 aliphatic heterocycles. The van der Waals surface area contributed by atoms with Crippen LogP contribution < -0.4 is 5.32 Å². The Morgan fingerprint density at radius 2 is 2.28 bits per heavy atom. The fraction of sp³-hybridized carbons (Fsp3) is 0.818. The summed E-state index contributed by atoms with van der Waals surface area (Å²) in [7, 11) is 0. The largest absolute Gasteiger partial charge is 0.480 e. The summed E-state index contributed by atoms with van der Waals surface area (Å²) in [5.41, 5.74) is 0. The topological polar surface area (TPSA) is 78.9 Å². The fourth-order valence-corrected chi connectivity index (χ4v) is 2.71. The summed E-state index contributed by atoms with van der Waals surface area (Å²) >= 11 is 1.76. The van der Waals surface area contributed by atoms with Crippen molar-refractivity contribution < 1.29 is 19.4 Å². The van der Waals surface area contributed by atoms with Crippen LogP contribution in [0.1, 0.15) is 12.8 Å². The van der Waals surface area contributed by atoms with Gasteiger partial charge in [-0.2, -0.15) is 11.8 Å². The molecule has 2 aliphatic rings. The van der Waals surface area contributed by atoms with Gasteiger partial charge in [0.15, 0.2) is 6.04 Å². The molecular weight excluding hydrogens is 256 g/mol. The van der Waals surface area contributed by atoms with Crippen molar-refractivity contribution in [1.29, 1.82) is 0 Å². The third-order valence-electron chi connectivity index (χ3n) is 3.48. The third-order valence-corrected chi connectivity index (χ3v) is 4.90. The standard InChI is InChI=1S/C11H18N2O4S/c1-18-11(2-3-11)7-12-10(16)13-4-5-17-6-8(13)9(14)15/h8H,2-7H2,1H3,(H,12,16)(H,14,15). The Labute approximate surface area is 110 Å². The van der Waals surface area contributed by atoms with E-state index < -0.39 is 12.0 Å². The number of rotatable bonds is 4. The van der Waals surface area contributed by atoms with E-state index in [9.17, 15) is 9.59 Å². The van der Waals surface area contributed by atoms with Crippen molar-refractivity contribution in [1.82, 2.24) is 10.2 Å². The van der Waals surface area contributed by atoms with Gasteiger partial charge in [-0.1, -0.05) is 0 Å². The fourth-order valence-electron chi connectivity index (χ4n) is 1.98. The Balaban J connectivity index is 1.88. The number of urea groups is 1. The molecular formula is C11H18N2O4S. The third kappa shape index (κ3) is 2.89. The number of hydrogen-bond donors (Lipinski definition) is 2. The summed E-state index contributed by atoms with van der Waals surface area (Å²) < 4.78 is 5.28. The lowest BCUT2D eigenvalue weighted by Crippen LogP contribution is -2.56. The number of carbonyl (C=O) groups excluding carboxylic acids is 1. The predicted molar refractivity (Wildman–Crippen MR) is 67.8 cm³/mol. The number of nitrogens with zero attached hydrogens (tertiary/aromatic N) is 1. The molecule has 102 valence electrons. The highest BCUT2D eigenvalue weighted by atomic mass is 32.2. The smallest absolute Gasteiger partial charge is 0.328 e. The highest BCUT2D eigenvalue weighted by Crippen LogP contribution is 2.46. The molecule has 1 heterocycles. The maximum Gasteiger partial charge on any atom is 0.328 e. The Bertz CT molecular complexity index is 346. The Morgan fingerprint density at radius 3 is 2.83 bits per heavy atom. The summed E-state index contributed by atoms with van der Waals surface area (Å²) in [6.45, 7) is 1.40. The Hall–Kier alpha value is -0.950. The number of ether oxygens (including phenoxy) is 1. The lowest BCUT2D eigenvalue weighted by atomic mass is 10.2. The van der Waals surface area contributed by atoms with Gasteiger partial charge < -0.3 is 20.1 Å². The first-order chi connectivity index (χ1) is 8.58. The number of carboxylic acids is 1. The molecule has 0 aromatic carbocycles. The number of aliphatic carboxylic acids is 1. The minimum Gasteiger partial charge on any atom is -0.480 e. The molecule has 0 bridgehead atoms. The van der Waals surface area contributed by atoms with Crippen LogP contribution in [0.5, 0.6) is 0 Å². The van der Waals surface area contributed by atoms with Crippen LogP contribution in [0.15, 0.2) is 0 Å². The summed E-state index contributed by atoms with van der Waals surface area (Å²) in [5, 5.41) is 11.9. The molecule has 1 atom stereocenters. The minimum absolute atomic E-state index is 0.0659. The first-order valence-corrected chi connectivity index (χ1v) is 7.21. The van der Waals surface area contributed by atoms with E-state index in [-0.39, 0.29) is 17.4 Å². The van der Waals surface area contributed by atoms with Crippen LogP contribution >= 0.6 is 11.8 Å². The van der Waals surface area contributed by atoms with Crippen molar-refractivity contribution in [3.05, 3.63) is 0 Å². The number of nitrogens with one attached hydrogen (secondary N) is 1. The van der Waals surface area contributed by atoms with Gasteiger partial charge in [0, 0.05) is 17.8 Å². The average molecular weight is 274 g/mol. The number of morpholine rings is 1. The van der Waals surface area contributed by atoms with E-state index in [0.29, 0.717) is 19.7 Å². The van der Waals surface area contributed by atoms with E-state index in [2.05, 4.69) is 5.32 Å². The van der Waals surface area contributed by atoms with Crippen molar-refractivity contribution in [3.8, 4) is 0 Å². The zero-order valence-electron chi connectivity index (χ0n) is 10.3. The van der Waals surface area contributed by atoms with Crippen molar-refractivity contribution >= 4 is 23.8 Å². The second kappa shape index (κ2) is 5.36. The number of carboxylic acid groups (broad SMARTS) is 1. The highest BCUT2D eigenvalue weighted by Gasteiger charge is 2.42.